The van der Waals surface area contributed by atoms with E-state index in [1.165, 1.54) is 11.8 Å². The largest absolute Gasteiger partial charge is 0.480 e. The minimum absolute atomic E-state index is 0.00825. The molecule has 2 heterocycles. The Morgan fingerprint density at radius 3 is 2.31 bits per heavy atom. The fraction of sp³-hybridized carbons (Fsp3) is 0.333. The van der Waals surface area contributed by atoms with Crippen LogP contribution in [0.3, 0.4) is 0 Å². The number of carboxylic acid groups (broad SMARTS) is 1. The lowest BCUT2D eigenvalue weighted by Gasteiger charge is -2.40. The molecule has 1 aromatic carbocycles. The number of rotatable bonds is 8. The van der Waals surface area contributed by atoms with Crippen molar-refractivity contribution in [1.82, 2.24) is 20.1 Å². The van der Waals surface area contributed by atoms with Crippen LogP contribution in [0, 0.1) is 0 Å². The summed E-state index contributed by atoms with van der Waals surface area (Å²) in [5.41, 5.74) is 2.19. The molecular formula is C24H26N4O7. The molecule has 1 aromatic heterocycles. The molecule has 2 unspecified atom stereocenters. The van der Waals surface area contributed by atoms with Crippen molar-refractivity contribution in [3.05, 3.63) is 54.4 Å². The van der Waals surface area contributed by atoms with Crippen LogP contribution in [0.25, 0.3) is 11.1 Å². The Morgan fingerprint density at radius 2 is 1.71 bits per heavy atom. The van der Waals surface area contributed by atoms with Gasteiger partial charge in [-0.15, -0.1) is 0 Å². The van der Waals surface area contributed by atoms with Crippen molar-refractivity contribution in [2.75, 3.05) is 26.7 Å². The first-order valence-electron chi connectivity index (χ1n) is 10.9. The van der Waals surface area contributed by atoms with E-state index in [2.05, 4.69) is 15.0 Å². The maximum absolute atomic E-state index is 13.1. The number of amides is 3. The van der Waals surface area contributed by atoms with E-state index in [1.54, 1.807) is 36.7 Å². The van der Waals surface area contributed by atoms with E-state index in [9.17, 15) is 24.0 Å². The fourth-order valence-corrected chi connectivity index (χ4v) is 3.81. The van der Waals surface area contributed by atoms with Gasteiger partial charge < -0.3 is 25.0 Å². The van der Waals surface area contributed by atoms with Gasteiger partial charge in [-0.1, -0.05) is 12.1 Å². The number of aromatic nitrogens is 1. The SMILES string of the molecule is COC(=O)CC1C(=O)N(CC(=O)O)CCN1C(=O)C(C)NC(=O)c1ccc(-c2ccncc2)cc1. The number of pyridine rings is 1. The summed E-state index contributed by atoms with van der Waals surface area (Å²) in [5.74, 6) is -3.63. The molecule has 0 spiro atoms. The van der Waals surface area contributed by atoms with Crippen molar-refractivity contribution in [3.8, 4) is 11.1 Å². The normalized spacial score (nSPS) is 16.4. The van der Waals surface area contributed by atoms with E-state index in [0.29, 0.717) is 5.56 Å². The van der Waals surface area contributed by atoms with Gasteiger partial charge >= 0.3 is 11.9 Å². The lowest BCUT2D eigenvalue weighted by molar-refractivity contribution is -0.159. The van der Waals surface area contributed by atoms with Crippen LogP contribution < -0.4 is 5.32 Å². The number of ether oxygens (including phenoxy) is 1. The molecule has 2 aromatic rings. The summed E-state index contributed by atoms with van der Waals surface area (Å²) < 4.78 is 4.63. The molecule has 11 heteroatoms. The highest BCUT2D eigenvalue weighted by Gasteiger charge is 2.41. The summed E-state index contributed by atoms with van der Waals surface area (Å²) in [6.45, 7) is 0.946. The molecule has 11 nitrogen and oxygen atoms in total. The Balaban J connectivity index is 1.69. The summed E-state index contributed by atoms with van der Waals surface area (Å²) in [7, 11) is 1.15. The van der Waals surface area contributed by atoms with Crippen molar-refractivity contribution < 1.29 is 33.8 Å². The molecule has 1 fully saturated rings. The quantitative estimate of drug-likeness (QED) is 0.519. The van der Waals surface area contributed by atoms with Gasteiger partial charge in [-0.3, -0.25) is 29.0 Å². The van der Waals surface area contributed by atoms with Gasteiger partial charge in [-0.05, 0) is 42.3 Å². The molecule has 0 radical (unpaired) electrons. The van der Waals surface area contributed by atoms with E-state index in [4.69, 9.17) is 5.11 Å². The van der Waals surface area contributed by atoms with Gasteiger partial charge in [0.15, 0.2) is 0 Å². The number of esters is 1. The van der Waals surface area contributed by atoms with E-state index in [1.807, 2.05) is 12.1 Å². The van der Waals surface area contributed by atoms with Crippen LogP contribution in [0.15, 0.2) is 48.8 Å². The first kappa shape index (κ1) is 25.3. The molecule has 0 bridgehead atoms. The van der Waals surface area contributed by atoms with Crippen molar-refractivity contribution in [2.24, 2.45) is 0 Å². The molecule has 0 aliphatic carbocycles. The number of nitrogens with zero attached hydrogens (tertiary/aromatic N) is 3. The van der Waals surface area contributed by atoms with Crippen LogP contribution in [0.2, 0.25) is 0 Å². The maximum Gasteiger partial charge on any atom is 0.323 e. The molecule has 3 rings (SSSR count). The number of benzene rings is 1. The minimum Gasteiger partial charge on any atom is -0.480 e. The summed E-state index contributed by atoms with van der Waals surface area (Å²) in [5, 5.41) is 11.7. The molecule has 35 heavy (non-hydrogen) atoms. The first-order chi connectivity index (χ1) is 16.7. The predicted octanol–water partition coefficient (Wildman–Crippen LogP) is 0.554. The molecule has 1 aliphatic heterocycles. The number of carbonyl (C=O) groups excluding carboxylic acids is 4. The number of piperazine rings is 1. The highest BCUT2D eigenvalue weighted by Crippen LogP contribution is 2.19. The fourth-order valence-electron chi connectivity index (χ4n) is 3.81. The number of methoxy groups -OCH3 is 1. The second-order valence-corrected chi connectivity index (χ2v) is 7.99. The lowest BCUT2D eigenvalue weighted by atomic mass is 10.0. The van der Waals surface area contributed by atoms with Crippen LogP contribution >= 0.6 is 0 Å². The minimum atomic E-state index is -1.22. The van der Waals surface area contributed by atoms with E-state index in [0.717, 1.165) is 23.1 Å². The molecule has 2 N–H and O–H groups in total. The van der Waals surface area contributed by atoms with E-state index in [-0.39, 0.29) is 13.1 Å². The monoisotopic (exact) mass is 482 g/mol. The van der Waals surface area contributed by atoms with Gasteiger partial charge in [0.2, 0.25) is 11.8 Å². The molecule has 1 saturated heterocycles. The number of carbonyl (C=O) groups is 5. The zero-order chi connectivity index (χ0) is 25.5. The number of carboxylic acids is 1. The molecule has 1 aliphatic rings. The Bertz CT molecular complexity index is 1100. The predicted molar refractivity (Wildman–Crippen MR) is 123 cm³/mol. The highest BCUT2D eigenvalue weighted by molar-refractivity contribution is 5.99. The van der Waals surface area contributed by atoms with Crippen molar-refractivity contribution in [3.63, 3.8) is 0 Å². The highest BCUT2D eigenvalue weighted by atomic mass is 16.5. The summed E-state index contributed by atoms with van der Waals surface area (Å²) in [6, 6.07) is 8.30. The number of hydrogen-bond donors (Lipinski definition) is 2. The Kier molecular flexibility index (Phi) is 8.13. The zero-order valence-corrected chi connectivity index (χ0v) is 19.3. The number of nitrogens with one attached hydrogen (secondary N) is 1. The summed E-state index contributed by atoms with van der Waals surface area (Å²) in [4.78, 5) is 67.8. The van der Waals surface area contributed by atoms with Gasteiger partial charge in [-0.2, -0.15) is 0 Å². The smallest absolute Gasteiger partial charge is 0.323 e. The molecular weight excluding hydrogens is 456 g/mol. The third kappa shape index (κ3) is 6.19. The van der Waals surface area contributed by atoms with Crippen LogP contribution in [0.1, 0.15) is 23.7 Å². The first-order valence-corrected chi connectivity index (χ1v) is 10.9. The average Bonchev–Trinajstić information content (AvgIpc) is 2.86. The Morgan fingerprint density at radius 1 is 1.09 bits per heavy atom. The molecule has 0 saturated carbocycles. The Labute approximate surface area is 201 Å². The van der Waals surface area contributed by atoms with Gasteiger partial charge in [0.1, 0.15) is 18.6 Å². The van der Waals surface area contributed by atoms with Gasteiger partial charge in [0.05, 0.1) is 13.5 Å². The number of hydrogen-bond acceptors (Lipinski definition) is 7. The van der Waals surface area contributed by atoms with Gasteiger partial charge in [0, 0.05) is 31.0 Å². The maximum atomic E-state index is 13.1. The lowest BCUT2D eigenvalue weighted by Crippen LogP contribution is -2.62. The van der Waals surface area contributed by atoms with Crippen molar-refractivity contribution >= 4 is 29.7 Å². The van der Waals surface area contributed by atoms with Crippen LogP contribution in [-0.4, -0.2) is 88.4 Å². The molecule has 184 valence electrons. The van der Waals surface area contributed by atoms with Crippen LogP contribution in [-0.2, 0) is 23.9 Å². The summed E-state index contributed by atoms with van der Waals surface area (Å²) in [6.07, 6.45) is 2.92. The average molecular weight is 482 g/mol. The third-order valence-corrected chi connectivity index (χ3v) is 5.66. The zero-order valence-electron chi connectivity index (χ0n) is 19.3. The van der Waals surface area contributed by atoms with E-state index < -0.39 is 54.7 Å². The second-order valence-electron chi connectivity index (χ2n) is 7.99. The molecule has 3 amide bonds. The van der Waals surface area contributed by atoms with Gasteiger partial charge in [-0.25, -0.2) is 0 Å². The van der Waals surface area contributed by atoms with Crippen LogP contribution in [0.5, 0.6) is 0 Å². The van der Waals surface area contributed by atoms with Gasteiger partial charge in [0.25, 0.3) is 5.91 Å². The van der Waals surface area contributed by atoms with Crippen LogP contribution in [0.4, 0.5) is 0 Å². The Hall–Kier alpha value is -4.28. The molecule has 2 atom stereocenters. The second kappa shape index (κ2) is 11.2. The third-order valence-electron chi connectivity index (χ3n) is 5.66. The summed E-state index contributed by atoms with van der Waals surface area (Å²) >= 11 is 0. The van der Waals surface area contributed by atoms with Crippen molar-refractivity contribution in [1.29, 1.82) is 0 Å². The number of aliphatic carboxylic acids is 1. The van der Waals surface area contributed by atoms with Crippen molar-refractivity contribution in [2.45, 2.75) is 25.4 Å². The topological polar surface area (TPSA) is 146 Å². The van der Waals surface area contributed by atoms with E-state index >= 15 is 0 Å². The standard InChI is InChI=1S/C24H26N4O7/c1-15(26-22(32)18-5-3-16(4-6-18)17-7-9-25-10-8-17)23(33)28-12-11-27(14-20(29)30)24(34)19(28)13-21(31)35-2/h3-10,15,19H,11-14H2,1-2H3,(H,26,32)(H,29,30).